The van der Waals surface area contributed by atoms with Crippen LogP contribution in [0.25, 0.3) is 0 Å². The Kier molecular flexibility index (Phi) is 6.49. The van der Waals surface area contributed by atoms with Crippen molar-refractivity contribution in [3.05, 3.63) is 34.4 Å². The molecule has 0 radical (unpaired) electrons. The number of aliphatic hydroxyl groups excluding tert-OH is 1. The molecule has 2 unspecified atom stereocenters. The van der Waals surface area contributed by atoms with Gasteiger partial charge in [-0.25, -0.2) is 0 Å². The summed E-state index contributed by atoms with van der Waals surface area (Å²) in [6.45, 7) is 9.41. The number of nitrogens with two attached hydrogens (primary N) is 1. The Balaban J connectivity index is 2.82. The second kappa shape index (κ2) is 7.63. The summed E-state index contributed by atoms with van der Waals surface area (Å²) in [5.41, 5.74) is 11.1. The first-order valence-electron chi connectivity index (χ1n) is 7.14. The predicted molar refractivity (Wildman–Crippen MR) is 81.4 cm³/mol. The lowest BCUT2D eigenvalue weighted by molar-refractivity contribution is 0.274. The molecule has 19 heavy (non-hydrogen) atoms. The zero-order chi connectivity index (χ0) is 14.4. The van der Waals surface area contributed by atoms with Crippen LogP contribution in [0.2, 0.25) is 0 Å². The fraction of sp³-hybridized carbons (Fsp3) is 0.625. The molecule has 1 rings (SSSR count). The summed E-state index contributed by atoms with van der Waals surface area (Å²) in [6.07, 6.45) is 1.80. The summed E-state index contributed by atoms with van der Waals surface area (Å²) in [5, 5.41) is 12.5. The highest BCUT2D eigenvalue weighted by Crippen LogP contribution is 2.22. The lowest BCUT2D eigenvalue weighted by Gasteiger charge is -2.24. The van der Waals surface area contributed by atoms with Crippen molar-refractivity contribution < 1.29 is 5.11 Å². The molecule has 0 amide bonds. The van der Waals surface area contributed by atoms with Crippen molar-refractivity contribution in [2.45, 2.75) is 52.6 Å². The van der Waals surface area contributed by atoms with Crippen LogP contribution >= 0.6 is 0 Å². The van der Waals surface area contributed by atoms with Crippen molar-refractivity contribution in [2.24, 2.45) is 5.73 Å². The molecule has 1 aromatic rings. The molecule has 0 fully saturated rings. The largest absolute Gasteiger partial charge is 0.396 e. The highest BCUT2D eigenvalue weighted by molar-refractivity contribution is 5.38. The molecule has 3 nitrogen and oxygen atoms in total. The zero-order valence-electron chi connectivity index (χ0n) is 12.7. The van der Waals surface area contributed by atoms with Gasteiger partial charge in [0.15, 0.2) is 0 Å². The van der Waals surface area contributed by atoms with E-state index in [1.807, 2.05) is 0 Å². The van der Waals surface area contributed by atoms with Gasteiger partial charge >= 0.3 is 0 Å². The second-order valence-corrected chi connectivity index (χ2v) is 5.51. The van der Waals surface area contributed by atoms with Crippen molar-refractivity contribution in [3.63, 3.8) is 0 Å². The molecule has 108 valence electrons. The standard InChI is InChI=1S/C16H28N2O/c1-11-8-13(3)15(9-12(11)2)16(10-17)18-14(4)6-5-7-19/h8-9,14,16,18-19H,5-7,10,17H2,1-4H3. The van der Waals surface area contributed by atoms with E-state index in [2.05, 4.69) is 45.1 Å². The van der Waals surface area contributed by atoms with E-state index in [0.29, 0.717) is 12.6 Å². The quantitative estimate of drug-likeness (QED) is 0.708. The van der Waals surface area contributed by atoms with Gasteiger partial charge in [0, 0.05) is 25.2 Å². The van der Waals surface area contributed by atoms with Gasteiger partial charge in [0.1, 0.15) is 0 Å². The van der Waals surface area contributed by atoms with E-state index in [4.69, 9.17) is 10.8 Å². The van der Waals surface area contributed by atoms with E-state index in [1.54, 1.807) is 0 Å². The van der Waals surface area contributed by atoms with Gasteiger partial charge in [-0.3, -0.25) is 0 Å². The maximum Gasteiger partial charge on any atom is 0.0449 e. The van der Waals surface area contributed by atoms with Gasteiger partial charge < -0.3 is 16.2 Å². The summed E-state index contributed by atoms with van der Waals surface area (Å²) >= 11 is 0. The van der Waals surface area contributed by atoms with Crippen LogP contribution in [-0.2, 0) is 0 Å². The first kappa shape index (κ1) is 16.2. The lowest BCUT2D eigenvalue weighted by atomic mass is 9.95. The molecule has 0 heterocycles. The Morgan fingerprint density at radius 2 is 1.79 bits per heavy atom. The van der Waals surface area contributed by atoms with Crippen LogP contribution < -0.4 is 11.1 Å². The second-order valence-electron chi connectivity index (χ2n) is 5.51. The molecule has 1 aromatic carbocycles. The van der Waals surface area contributed by atoms with Gasteiger partial charge in [0.2, 0.25) is 0 Å². The molecule has 0 saturated heterocycles. The van der Waals surface area contributed by atoms with Crippen LogP contribution in [0, 0.1) is 20.8 Å². The molecule has 2 atom stereocenters. The van der Waals surface area contributed by atoms with Crippen molar-refractivity contribution in [1.29, 1.82) is 0 Å². The molecule has 0 aliphatic rings. The average Bonchev–Trinajstić information content (AvgIpc) is 2.38. The molecule has 0 saturated carbocycles. The Hall–Kier alpha value is -0.900. The van der Waals surface area contributed by atoms with E-state index in [1.165, 1.54) is 22.3 Å². The lowest BCUT2D eigenvalue weighted by Crippen LogP contribution is -2.35. The van der Waals surface area contributed by atoms with E-state index in [-0.39, 0.29) is 12.6 Å². The average molecular weight is 264 g/mol. The summed E-state index contributed by atoms with van der Waals surface area (Å²) in [7, 11) is 0. The van der Waals surface area contributed by atoms with Gasteiger partial charge in [0.25, 0.3) is 0 Å². The summed E-state index contributed by atoms with van der Waals surface area (Å²) < 4.78 is 0. The third-order valence-electron chi connectivity index (χ3n) is 3.77. The fourth-order valence-corrected chi connectivity index (χ4v) is 2.47. The maximum absolute atomic E-state index is 8.88. The fourth-order valence-electron chi connectivity index (χ4n) is 2.47. The molecule has 0 aliphatic heterocycles. The molecule has 4 N–H and O–H groups in total. The first-order valence-corrected chi connectivity index (χ1v) is 7.14. The van der Waals surface area contributed by atoms with Gasteiger partial charge in [-0.2, -0.15) is 0 Å². The molecular weight excluding hydrogens is 236 g/mol. The Bertz CT molecular complexity index is 404. The van der Waals surface area contributed by atoms with Crippen molar-refractivity contribution >= 4 is 0 Å². The molecule has 0 aromatic heterocycles. The van der Waals surface area contributed by atoms with E-state index < -0.39 is 0 Å². The van der Waals surface area contributed by atoms with Gasteiger partial charge in [0.05, 0.1) is 0 Å². The minimum atomic E-state index is 0.188. The number of aryl methyl sites for hydroxylation is 3. The normalized spacial score (nSPS) is 14.4. The molecule has 0 aliphatic carbocycles. The van der Waals surface area contributed by atoms with Crippen LogP contribution in [0.5, 0.6) is 0 Å². The first-order chi connectivity index (χ1) is 8.99. The van der Waals surface area contributed by atoms with E-state index in [9.17, 15) is 0 Å². The molecular formula is C16H28N2O. The van der Waals surface area contributed by atoms with E-state index >= 15 is 0 Å². The van der Waals surface area contributed by atoms with Crippen LogP contribution in [-0.4, -0.2) is 24.3 Å². The monoisotopic (exact) mass is 264 g/mol. The van der Waals surface area contributed by atoms with Crippen molar-refractivity contribution in [2.75, 3.05) is 13.2 Å². The summed E-state index contributed by atoms with van der Waals surface area (Å²) in [5.74, 6) is 0. The third-order valence-corrected chi connectivity index (χ3v) is 3.77. The number of aliphatic hydroxyl groups is 1. The van der Waals surface area contributed by atoms with Crippen LogP contribution in [0.3, 0.4) is 0 Å². The van der Waals surface area contributed by atoms with Gasteiger partial charge in [-0.15, -0.1) is 0 Å². The zero-order valence-corrected chi connectivity index (χ0v) is 12.7. The van der Waals surface area contributed by atoms with Gasteiger partial charge in [-0.1, -0.05) is 12.1 Å². The maximum atomic E-state index is 8.88. The van der Waals surface area contributed by atoms with Gasteiger partial charge in [-0.05, 0) is 62.8 Å². The SMILES string of the molecule is Cc1cc(C)c(C(CN)NC(C)CCCO)cc1C. The molecule has 0 bridgehead atoms. The highest BCUT2D eigenvalue weighted by atomic mass is 16.2. The number of nitrogens with one attached hydrogen (secondary N) is 1. The van der Waals surface area contributed by atoms with Crippen molar-refractivity contribution in [3.8, 4) is 0 Å². The molecule has 3 heteroatoms. The minimum Gasteiger partial charge on any atom is -0.396 e. The number of rotatable bonds is 7. The highest BCUT2D eigenvalue weighted by Gasteiger charge is 2.15. The number of benzene rings is 1. The Morgan fingerprint density at radius 1 is 1.16 bits per heavy atom. The van der Waals surface area contributed by atoms with Crippen LogP contribution in [0.1, 0.15) is 48.1 Å². The topological polar surface area (TPSA) is 58.3 Å². The summed E-state index contributed by atoms with van der Waals surface area (Å²) in [4.78, 5) is 0. The van der Waals surface area contributed by atoms with Crippen molar-refractivity contribution in [1.82, 2.24) is 5.32 Å². The summed E-state index contributed by atoms with van der Waals surface area (Å²) in [6, 6.07) is 5.02. The predicted octanol–water partition coefficient (Wildman–Crippen LogP) is 2.36. The Labute approximate surface area is 117 Å². The number of hydrogen-bond donors (Lipinski definition) is 3. The third kappa shape index (κ3) is 4.60. The van der Waals surface area contributed by atoms with Crippen LogP contribution in [0.4, 0.5) is 0 Å². The van der Waals surface area contributed by atoms with Crippen LogP contribution in [0.15, 0.2) is 12.1 Å². The number of hydrogen-bond acceptors (Lipinski definition) is 3. The minimum absolute atomic E-state index is 0.188. The van der Waals surface area contributed by atoms with E-state index in [0.717, 1.165) is 12.8 Å². The smallest absolute Gasteiger partial charge is 0.0449 e. The Morgan fingerprint density at radius 3 is 2.37 bits per heavy atom. The molecule has 0 spiro atoms.